The summed E-state index contributed by atoms with van der Waals surface area (Å²) >= 11 is 0. The number of ether oxygens (including phenoxy) is 1. The Morgan fingerprint density at radius 3 is 2.70 bits per heavy atom. The SMILES string of the molecule is CCC(=O)OCCCC(CC)C(=O)NCCC(=O)c1c[nH]c2ccccc12. The van der Waals surface area contributed by atoms with E-state index >= 15 is 0 Å². The Bertz CT molecular complexity index is 781. The number of Topliss-reactive ketones (excluding diaryl/α,β-unsaturated/α-hetero) is 1. The quantitative estimate of drug-likeness (QED) is 0.358. The van der Waals surface area contributed by atoms with Gasteiger partial charge in [-0.15, -0.1) is 0 Å². The first-order valence-electron chi connectivity index (χ1n) is 9.59. The molecule has 0 aliphatic carbocycles. The zero-order chi connectivity index (χ0) is 19.6. The smallest absolute Gasteiger partial charge is 0.305 e. The Morgan fingerprint density at radius 2 is 1.96 bits per heavy atom. The van der Waals surface area contributed by atoms with Crippen molar-refractivity contribution < 1.29 is 19.1 Å². The maximum atomic E-state index is 12.4. The van der Waals surface area contributed by atoms with E-state index in [0.29, 0.717) is 44.4 Å². The van der Waals surface area contributed by atoms with E-state index < -0.39 is 0 Å². The average molecular weight is 372 g/mol. The lowest BCUT2D eigenvalue weighted by Crippen LogP contribution is -2.32. The second kappa shape index (κ2) is 10.5. The maximum absolute atomic E-state index is 12.4. The number of rotatable bonds is 11. The number of para-hydroxylation sites is 1. The predicted molar refractivity (Wildman–Crippen MR) is 105 cm³/mol. The van der Waals surface area contributed by atoms with E-state index in [1.54, 1.807) is 13.1 Å². The third kappa shape index (κ3) is 5.94. The van der Waals surface area contributed by atoms with E-state index in [0.717, 1.165) is 10.9 Å². The van der Waals surface area contributed by atoms with Crippen molar-refractivity contribution in [1.29, 1.82) is 0 Å². The first kappa shape index (κ1) is 20.7. The van der Waals surface area contributed by atoms with Crippen molar-refractivity contribution in [2.45, 2.75) is 46.0 Å². The molecule has 6 nitrogen and oxygen atoms in total. The molecule has 2 N–H and O–H groups in total. The molecule has 0 saturated heterocycles. The molecule has 0 aliphatic rings. The van der Waals surface area contributed by atoms with E-state index in [9.17, 15) is 14.4 Å². The highest BCUT2D eigenvalue weighted by atomic mass is 16.5. The highest BCUT2D eigenvalue weighted by molar-refractivity contribution is 6.07. The molecule has 6 heteroatoms. The fraction of sp³-hybridized carbons (Fsp3) is 0.476. The second-order valence-corrected chi connectivity index (χ2v) is 6.53. The molecule has 27 heavy (non-hydrogen) atoms. The number of carbonyl (C=O) groups is 3. The molecule has 0 saturated carbocycles. The summed E-state index contributed by atoms with van der Waals surface area (Å²) in [5, 5.41) is 3.76. The van der Waals surface area contributed by atoms with Gasteiger partial charge < -0.3 is 15.0 Å². The van der Waals surface area contributed by atoms with Gasteiger partial charge >= 0.3 is 5.97 Å². The topological polar surface area (TPSA) is 88.3 Å². The number of H-pyrrole nitrogens is 1. The molecular weight excluding hydrogens is 344 g/mol. The summed E-state index contributed by atoms with van der Waals surface area (Å²) in [4.78, 5) is 38.9. The Kier molecular flexibility index (Phi) is 8.04. The van der Waals surface area contributed by atoms with Gasteiger partial charge in [0.1, 0.15) is 0 Å². The predicted octanol–water partition coefficient (Wildman–Crippen LogP) is 3.62. The largest absolute Gasteiger partial charge is 0.466 e. The van der Waals surface area contributed by atoms with Crippen molar-refractivity contribution in [3.63, 3.8) is 0 Å². The zero-order valence-electron chi connectivity index (χ0n) is 16.0. The van der Waals surface area contributed by atoms with E-state index in [-0.39, 0.29) is 30.0 Å². The van der Waals surface area contributed by atoms with Crippen molar-refractivity contribution in [2.75, 3.05) is 13.2 Å². The van der Waals surface area contributed by atoms with Gasteiger partial charge in [-0.1, -0.05) is 32.0 Å². The summed E-state index contributed by atoms with van der Waals surface area (Å²) in [6, 6.07) is 7.66. The second-order valence-electron chi connectivity index (χ2n) is 6.53. The van der Waals surface area contributed by atoms with Crippen LogP contribution in [0.15, 0.2) is 30.5 Å². The van der Waals surface area contributed by atoms with Gasteiger partial charge in [-0.25, -0.2) is 0 Å². The van der Waals surface area contributed by atoms with Gasteiger partial charge in [-0.2, -0.15) is 0 Å². The summed E-state index contributed by atoms with van der Waals surface area (Å²) in [6.07, 6.45) is 4.38. The monoisotopic (exact) mass is 372 g/mol. The lowest BCUT2D eigenvalue weighted by atomic mass is 9.99. The van der Waals surface area contributed by atoms with Gasteiger partial charge in [0.2, 0.25) is 5.91 Å². The van der Waals surface area contributed by atoms with Crippen molar-refractivity contribution >= 4 is 28.6 Å². The lowest BCUT2D eigenvalue weighted by molar-refractivity contribution is -0.143. The van der Waals surface area contributed by atoms with Gasteiger partial charge in [-0.3, -0.25) is 14.4 Å². The number of esters is 1. The van der Waals surface area contributed by atoms with Gasteiger partial charge in [0, 0.05) is 48.0 Å². The number of carbonyl (C=O) groups excluding carboxylic acids is 3. The molecule has 2 aromatic rings. The van der Waals surface area contributed by atoms with Crippen LogP contribution in [-0.2, 0) is 14.3 Å². The molecule has 0 fully saturated rings. The average Bonchev–Trinajstić information content (AvgIpc) is 3.11. The molecule has 1 unspecified atom stereocenters. The molecule has 0 bridgehead atoms. The molecule has 1 amide bonds. The summed E-state index contributed by atoms with van der Waals surface area (Å²) in [5.41, 5.74) is 1.59. The summed E-state index contributed by atoms with van der Waals surface area (Å²) in [6.45, 7) is 4.37. The highest BCUT2D eigenvalue weighted by Crippen LogP contribution is 2.19. The van der Waals surface area contributed by atoms with Gasteiger partial charge in [-0.05, 0) is 25.3 Å². The van der Waals surface area contributed by atoms with Crippen LogP contribution in [0.3, 0.4) is 0 Å². The minimum Gasteiger partial charge on any atom is -0.466 e. The van der Waals surface area contributed by atoms with Crippen LogP contribution in [0.5, 0.6) is 0 Å². The number of aromatic amines is 1. The van der Waals surface area contributed by atoms with Gasteiger partial charge in [0.15, 0.2) is 5.78 Å². The standard InChI is InChI=1S/C21H28N2O4/c1-3-15(8-7-13-27-20(25)4-2)21(26)22-12-11-19(24)17-14-23-18-10-6-5-9-16(17)18/h5-6,9-10,14-15,23H,3-4,7-8,11-13H2,1-2H3,(H,22,26). The fourth-order valence-corrected chi connectivity index (χ4v) is 3.02. The zero-order valence-corrected chi connectivity index (χ0v) is 16.0. The minimum absolute atomic E-state index is 0.00674. The number of hydrogen-bond donors (Lipinski definition) is 2. The highest BCUT2D eigenvalue weighted by Gasteiger charge is 2.17. The Labute approximate surface area is 159 Å². The summed E-state index contributed by atoms with van der Waals surface area (Å²) < 4.78 is 5.04. The molecule has 2 rings (SSSR count). The van der Waals surface area contributed by atoms with Crippen LogP contribution in [0, 0.1) is 5.92 Å². The van der Waals surface area contributed by atoms with E-state index in [1.807, 2.05) is 31.2 Å². The van der Waals surface area contributed by atoms with Crippen molar-refractivity contribution in [3.05, 3.63) is 36.0 Å². The van der Waals surface area contributed by atoms with Crippen LogP contribution in [0.25, 0.3) is 10.9 Å². The molecule has 0 aliphatic heterocycles. The number of hydrogen-bond acceptors (Lipinski definition) is 4. The third-order valence-corrected chi connectivity index (χ3v) is 4.65. The van der Waals surface area contributed by atoms with Crippen LogP contribution in [0.4, 0.5) is 0 Å². The maximum Gasteiger partial charge on any atom is 0.305 e. The first-order valence-corrected chi connectivity index (χ1v) is 9.59. The molecule has 1 heterocycles. The number of amides is 1. The molecule has 0 radical (unpaired) electrons. The van der Waals surface area contributed by atoms with Crippen LogP contribution in [-0.4, -0.2) is 35.8 Å². The first-order chi connectivity index (χ1) is 13.1. The van der Waals surface area contributed by atoms with Crippen molar-refractivity contribution in [3.8, 4) is 0 Å². The molecule has 0 spiro atoms. The van der Waals surface area contributed by atoms with E-state index in [4.69, 9.17) is 4.74 Å². The van der Waals surface area contributed by atoms with Crippen LogP contribution in [0.2, 0.25) is 0 Å². The summed E-state index contributed by atoms with van der Waals surface area (Å²) in [5.74, 6) is -0.393. The van der Waals surface area contributed by atoms with Gasteiger partial charge in [0.25, 0.3) is 0 Å². The minimum atomic E-state index is -0.219. The number of aromatic nitrogens is 1. The lowest BCUT2D eigenvalue weighted by Gasteiger charge is -2.14. The van der Waals surface area contributed by atoms with E-state index in [2.05, 4.69) is 10.3 Å². The Balaban J connectivity index is 1.75. The number of fused-ring (bicyclic) bond motifs is 1. The fourth-order valence-electron chi connectivity index (χ4n) is 3.02. The molecule has 1 aromatic heterocycles. The van der Waals surface area contributed by atoms with Crippen LogP contribution >= 0.6 is 0 Å². The van der Waals surface area contributed by atoms with Crippen molar-refractivity contribution in [2.24, 2.45) is 5.92 Å². The molecule has 146 valence electrons. The summed E-state index contributed by atoms with van der Waals surface area (Å²) in [7, 11) is 0. The molecule has 1 atom stereocenters. The third-order valence-electron chi connectivity index (χ3n) is 4.65. The number of benzene rings is 1. The Morgan fingerprint density at radius 1 is 1.19 bits per heavy atom. The van der Waals surface area contributed by atoms with Crippen molar-refractivity contribution in [1.82, 2.24) is 10.3 Å². The van der Waals surface area contributed by atoms with E-state index in [1.165, 1.54) is 0 Å². The van der Waals surface area contributed by atoms with Crippen LogP contribution in [0.1, 0.15) is 56.3 Å². The number of nitrogens with one attached hydrogen (secondary N) is 2. The van der Waals surface area contributed by atoms with Gasteiger partial charge in [0.05, 0.1) is 6.61 Å². The Hall–Kier alpha value is -2.63. The normalized spacial score (nSPS) is 11.9. The molecular formula is C21H28N2O4. The van der Waals surface area contributed by atoms with Crippen LogP contribution < -0.4 is 5.32 Å². The number of ketones is 1. The molecule has 1 aromatic carbocycles.